The number of aromatic nitrogens is 3. The van der Waals surface area contributed by atoms with E-state index < -0.39 is 0 Å². The maximum Gasteiger partial charge on any atom is 0.235 e. The molecule has 1 aliphatic heterocycles. The van der Waals surface area contributed by atoms with Crippen molar-refractivity contribution in [2.45, 2.75) is 24.3 Å². The van der Waals surface area contributed by atoms with E-state index in [0.29, 0.717) is 20.8 Å². The second-order valence-corrected chi connectivity index (χ2v) is 7.85. The summed E-state index contributed by atoms with van der Waals surface area (Å²) in [5.41, 5.74) is 0.541. The molecule has 3 heterocycles. The first-order valence-corrected chi connectivity index (χ1v) is 9.50. The predicted molar refractivity (Wildman–Crippen MR) is 97.0 cm³/mol. The Labute approximate surface area is 155 Å². The number of carbonyl (C=O) groups excluding carboxylic acids is 1. The largest absolute Gasteiger partial charge is 0.339 e. The summed E-state index contributed by atoms with van der Waals surface area (Å²) in [6.07, 6.45) is 1.71. The molecule has 1 fully saturated rings. The molecule has 0 aromatic carbocycles. The Balaban J connectivity index is 1.71. The Morgan fingerprint density at radius 1 is 1.29 bits per heavy atom. The molecule has 0 unspecified atom stereocenters. The molecule has 0 saturated carbocycles. The smallest absolute Gasteiger partial charge is 0.235 e. The molecule has 0 radical (unpaired) electrons. The molecule has 6 nitrogen and oxygen atoms in total. The molecule has 0 spiro atoms. The van der Waals surface area contributed by atoms with Crippen molar-refractivity contribution in [3.63, 3.8) is 0 Å². The predicted octanol–water partition coefficient (Wildman–Crippen LogP) is 2.68. The van der Waals surface area contributed by atoms with Crippen molar-refractivity contribution in [2.75, 3.05) is 32.7 Å². The molecule has 3 rings (SSSR count). The highest BCUT2D eigenvalue weighted by Crippen LogP contribution is 2.28. The Morgan fingerprint density at radius 3 is 2.67 bits per heavy atom. The van der Waals surface area contributed by atoms with Gasteiger partial charge in [-0.2, -0.15) is 0 Å². The van der Waals surface area contributed by atoms with Crippen molar-refractivity contribution in [1.29, 1.82) is 0 Å². The third-order valence-corrected chi connectivity index (χ3v) is 5.69. The molecule has 9 heteroatoms. The molecule has 1 amide bonds. The molecule has 2 aromatic rings. The lowest BCUT2D eigenvalue weighted by Gasteiger charge is -2.35. The Morgan fingerprint density at radius 2 is 2.00 bits per heavy atom. The quantitative estimate of drug-likeness (QED) is 0.754. The van der Waals surface area contributed by atoms with E-state index in [1.54, 1.807) is 16.7 Å². The number of hydrogen-bond donors (Lipinski definition) is 0. The Hall–Kier alpha value is -1.02. The number of hydrogen-bond acceptors (Lipinski definition) is 5. The van der Waals surface area contributed by atoms with E-state index in [0.717, 1.165) is 32.7 Å². The summed E-state index contributed by atoms with van der Waals surface area (Å²) in [6.45, 7) is 8.47. The second kappa shape index (κ2) is 7.47. The van der Waals surface area contributed by atoms with Crippen LogP contribution >= 0.6 is 35.0 Å². The lowest BCUT2D eigenvalue weighted by molar-refractivity contribution is -0.132. The molecule has 1 saturated heterocycles. The van der Waals surface area contributed by atoms with Gasteiger partial charge in [0, 0.05) is 32.4 Å². The van der Waals surface area contributed by atoms with Gasteiger partial charge in [-0.3, -0.25) is 9.20 Å². The van der Waals surface area contributed by atoms with Gasteiger partial charge in [0.15, 0.2) is 10.8 Å². The van der Waals surface area contributed by atoms with Crippen LogP contribution in [0.2, 0.25) is 10.0 Å². The third kappa shape index (κ3) is 3.64. The van der Waals surface area contributed by atoms with Crippen molar-refractivity contribution in [3.05, 3.63) is 22.3 Å². The average molecular weight is 388 g/mol. The molecular formula is C15H19Cl2N5OS. The minimum atomic E-state index is -0.247. The highest BCUT2D eigenvalue weighted by atomic mass is 35.5. The maximum absolute atomic E-state index is 12.7. The topological polar surface area (TPSA) is 53.7 Å². The highest BCUT2D eigenvalue weighted by molar-refractivity contribution is 8.00. The minimum absolute atomic E-state index is 0.126. The van der Waals surface area contributed by atoms with E-state index in [-0.39, 0.29) is 11.2 Å². The van der Waals surface area contributed by atoms with Crippen molar-refractivity contribution in [2.24, 2.45) is 0 Å². The van der Waals surface area contributed by atoms with Crippen LogP contribution in [0.25, 0.3) is 5.65 Å². The normalized spacial score (nSPS) is 17.4. The summed E-state index contributed by atoms with van der Waals surface area (Å²) in [5, 5.41) is 9.53. The van der Waals surface area contributed by atoms with E-state index in [4.69, 9.17) is 23.2 Å². The van der Waals surface area contributed by atoms with Crippen molar-refractivity contribution in [3.8, 4) is 0 Å². The van der Waals surface area contributed by atoms with Gasteiger partial charge in [-0.1, -0.05) is 41.9 Å². The van der Waals surface area contributed by atoms with E-state index >= 15 is 0 Å². The fourth-order valence-corrected chi connectivity index (χ4v) is 4.15. The van der Waals surface area contributed by atoms with Crippen LogP contribution in [0.4, 0.5) is 0 Å². The number of fused-ring (bicyclic) bond motifs is 1. The van der Waals surface area contributed by atoms with Gasteiger partial charge in [0.05, 0.1) is 15.3 Å². The van der Waals surface area contributed by atoms with Crippen LogP contribution in [-0.2, 0) is 4.79 Å². The van der Waals surface area contributed by atoms with Gasteiger partial charge in [-0.25, -0.2) is 0 Å². The van der Waals surface area contributed by atoms with Gasteiger partial charge in [0.2, 0.25) is 5.91 Å². The van der Waals surface area contributed by atoms with Crippen LogP contribution in [0.1, 0.15) is 13.8 Å². The number of thioether (sulfide) groups is 1. The summed E-state index contributed by atoms with van der Waals surface area (Å²) < 4.78 is 1.73. The van der Waals surface area contributed by atoms with Gasteiger partial charge in [-0.15, -0.1) is 10.2 Å². The number of pyridine rings is 1. The fourth-order valence-electron chi connectivity index (χ4n) is 2.73. The molecule has 130 valence electrons. The van der Waals surface area contributed by atoms with Gasteiger partial charge in [-0.05, 0) is 19.5 Å². The lowest BCUT2D eigenvalue weighted by Crippen LogP contribution is -2.50. The highest BCUT2D eigenvalue weighted by Gasteiger charge is 2.26. The van der Waals surface area contributed by atoms with Gasteiger partial charge < -0.3 is 9.80 Å². The molecule has 0 aliphatic carbocycles. The van der Waals surface area contributed by atoms with Crippen molar-refractivity contribution >= 4 is 46.5 Å². The first kappa shape index (κ1) is 17.8. The van der Waals surface area contributed by atoms with Gasteiger partial charge in [0.25, 0.3) is 0 Å². The zero-order valence-corrected chi connectivity index (χ0v) is 15.9. The van der Waals surface area contributed by atoms with Crippen LogP contribution in [-0.4, -0.2) is 68.3 Å². The Bertz CT molecular complexity index is 745. The number of amides is 1. The van der Waals surface area contributed by atoms with E-state index in [9.17, 15) is 4.79 Å². The molecule has 1 atom stereocenters. The number of halogens is 2. The third-order valence-electron chi connectivity index (χ3n) is 4.16. The van der Waals surface area contributed by atoms with E-state index in [1.807, 2.05) is 11.8 Å². The zero-order valence-electron chi connectivity index (χ0n) is 13.6. The molecular weight excluding hydrogens is 369 g/mol. The average Bonchev–Trinajstić information content (AvgIpc) is 2.97. The first-order valence-electron chi connectivity index (χ1n) is 7.87. The summed E-state index contributed by atoms with van der Waals surface area (Å²) >= 11 is 13.6. The lowest BCUT2D eigenvalue weighted by atomic mass is 10.3. The SMILES string of the molecule is CCN1CCN(C(=O)[C@H](C)Sc2nnc3c(Cl)cc(Cl)cn23)CC1. The zero-order chi connectivity index (χ0) is 17.3. The standard InChI is InChI=1S/C15H19Cl2N5OS/c1-3-20-4-6-21(7-5-20)14(23)10(2)24-15-19-18-13-12(17)8-11(16)9-22(13)15/h8-10H,3-7H2,1-2H3/t10-/m0/s1. The van der Waals surface area contributed by atoms with Crippen molar-refractivity contribution < 1.29 is 4.79 Å². The molecule has 0 bridgehead atoms. The number of nitrogens with zero attached hydrogens (tertiary/aromatic N) is 5. The fraction of sp³-hybridized carbons (Fsp3) is 0.533. The summed E-state index contributed by atoms with van der Waals surface area (Å²) in [6, 6.07) is 1.63. The van der Waals surface area contributed by atoms with Crippen LogP contribution < -0.4 is 0 Å². The Kier molecular flexibility index (Phi) is 5.54. The second-order valence-electron chi connectivity index (χ2n) is 5.70. The number of carbonyl (C=O) groups is 1. The molecule has 24 heavy (non-hydrogen) atoms. The molecule has 1 aliphatic rings. The monoisotopic (exact) mass is 387 g/mol. The maximum atomic E-state index is 12.7. The summed E-state index contributed by atoms with van der Waals surface area (Å²) in [5.74, 6) is 0.126. The van der Waals surface area contributed by atoms with E-state index in [1.165, 1.54) is 11.8 Å². The number of likely N-dealkylation sites (N-methyl/N-ethyl adjacent to an activating group) is 1. The number of rotatable bonds is 4. The molecule has 0 N–H and O–H groups in total. The first-order chi connectivity index (χ1) is 11.5. The van der Waals surface area contributed by atoms with Gasteiger partial charge >= 0.3 is 0 Å². The van der Waals surface area contributed by atoms with Gasteiger partial charge in [0.1, 0.15) is 0 Å². The van der Waals surface area contributed by atoms with Crippen LogP contribution in [0.15, 0.2) is 17.4 Å². The van der Waals surface area contributed by atoms with Crippen LogP contribution in [0.3, 0.4) is 0 Å². The van der Waals surface area contributed by atoms with Crippen molar-refractivity contribution in [1.82, 2.24) is 24.4 Å². The summed E-state index contributed by atoms with van der Waals surface area (Å²) in [7, 11) is 0. The molecule has 2 aromatic heterocycles. The van der Waals surface area contributed by atoms with E-state index in [2.05, 4.69) is 22.0 Å². The van der Waals surface area contributed by atoms with Crippen LogP contribution in [0, 0.1) is 0 Å². The van der Waals surface area contributed by atoms with Crippen LogP contribution in [0.5, 0.6) is 0 Å². The minimum Gasteiger partial charge on any atom is -0.339 e. The summed E-state index contributed by atoms with van der Waals surface area (Å²) in [4.78, 5) is 16.9. The number of piperazine rings is 1.